The maximum atomic E-state index is 6.56. The predicted octanol–water partition coefficient (Wildman–Crippen LogP) is 4.89. The molecule has 0 atom stereocenters. The van der Waals surface area contributed by atoms with Crippen LogP contribution in [0.15, 0.2) is 79.1 Å². The van der Waals surface area contributed by atoms with Gasteiger partial charge in [-0.3, -0.25) is 4.57 Å². The summed E-state index contributed by atoms with van der Waals surface area (Å²) in [5.41, 5.74) is 11.4. The first-order valence-corrected chi connectivity index (χ1v) is 11.4. The van der Waals surface area contributed by atoms with Gasteiger partial charge >= 0.3 is 0 Å². The number of nitrogens with two attached hydrogens (primary N) is 1. The topological polar surface area (TPSA) is 91.7 Å². The molecule has 0 spiro atoms. The number of pyridine rings is 1. The summed E-state index contributed by atoms with van der Waals surface area (Å²) in [6.07, 6.45) is 6.71. The molecule has 0 aliphatic heterocycles. The van der Waals surface area contributed by atoms with E-state index in [1.807, 2.05) is 47.0 Å². The Morgan fingerprint density at radius 3 is 2.41 bits per heavy atom. The quantitative estimate of drug-likeness (QED) is 0.412. The van der Waals surface area contributed by atoms with Crippen LogP contribution in [0, 0.1) is 0 Å². The average Bonchev–Trinajstić information content (AvgIpc) is 3.26. The summed E-state index contributed by atoms with van der Waals surface area (Å²) in [7, 11) is 1.63. The van der Waals surface area contributed by atoms with E-state index in [1.54, 1.807) is 19.5 Å². The van der Waals surface area contributed by atoms with Gasteiger partial charge in [0.05, 0.1) is 13.3 Å². The minimum atomic E-state index is -0.217. The monoisotopic (exact) mass is 448 g/mol. The highest BCUT2D eigenvalue weighted by Crippen LogP contribution is 2.39. The van der Waals surface area contributed by atoms with Crippen molar-refractivity contribution >= 4 is 11.2 Å². The molecule has 0 radical (unpaired) electrons. The summed E-state index contributed by atoms with van der Waals surface area (Å²) in [4.78, 5) is 18.9. The third kappa shape index (κ3) is 3.33. The summed E-state index contributed by atoms with van der Waals surface area (Å²) < 4.78 is 7.61. The Bertz CT molecular complexity index is 1470. The fourth-order valence-electron chi connectivity index (χ4n) is 4.52. The molecule has 1 saturated carbocycles. The van der Waals surface area contributed by atoms with E-state index in [2.05, 4.69) is 34.2 Å². The number of hydrogen-bond donors (Lipinski definition) is 1. The van der Waals surface area contributed by atoms with Gasteiger partial charge in [0.2, 0.25) is 0 Å². The van der Waals surface area contributed by atoms with Gasteiger partial charge in [-0.05, 0) is 49.1 Å². The van der Waals surface area contributed by atoms with Crippen molar-refractivity contribution in [1.29, 1.82) is 0 Å². The molecule has 2 N–H and O–H groups in total. The number of methoxy groups -OCH3 is 1. The van der Waals surface area contributed by atoms with Gasteiger partial charge < -0.3 is 10.5 Å². The lowest BCUT2D eigenvalue weighted by atomic mass is 9.73. The number of ether oxygens (including phenoxy) is 1. The third-order valence-electron chi connectivity index (χ3n) is 6.58. The Morgan fingerprint density at radius 2 is 1.71 bits per heavy atom. The molecule has 1 aliphatic rings. The minimum absolute atomic E-state index is 0.217. The SMILES string of the molecule is COc1cccnc1-c1nc2cnc(-c3ccccc3)nc2n1-c1ccc(C2(N)CCC2)cc1. The van der Waals surface area contributed by atoms with Gasteiger partial charge in [0.15, 0.2) is 17.3 Å². The molecule has 7 nitrogen and oxygen atoms in total. The Balaban J connectivity index is 1.57. The van der Waals surface area contributed by atoms with E-state index in [4.69, 9.17) is 20.4 Å². The van der Waals surface area contributed by atoms with E-state index < -0.39 is 0 Å². The molecule has 0 amide bonds. The highest BCUT2D eigenvalue weighted by Gasteiger charge is 2.34. The Morgan fingerprint density at radius 1 is 0.912 bits per heavy atom. The molecular weight excluding hydrogens is 424 g/mol. The Labute approximate surface area is 197 Å². The van der Waals surface area contributed by atoms with Gasteiger partial charge in [-0.15, -0.1) is 0 Å². The van der Waals surface area contributed by atoms with E-state index in [0.29, 0.717) is 34.3 Å². The number of hydrogen-bond acceptors (Lipinski definition) is 6. The second-order valence-corrected chi connectivity index (χ2v) is 8.65. The molecule has 1 aliphatic carbocycles. The van der Waals surface area contributed by atoms with E-state index >= 15 is 0 Å². The number of rotatable bonds is 5. The molecule has 168 valence electrons. The van der Waals surface area contributed by atoms with Gasteiger partial charge in [0, 0.05) is 23.0 Å². The number of benzene rings is 2. The minimum Gasteiger partial charge on any atom is -0.494 e. The van der Waals surface area contributed by atoms with Gasteiger partial charge in [-0.1, -0.05) is 42.5 Å². The average molecular weight is 449 g/mol. The molecule has 0 unspecified atom stereocenters. The molecule has 0 saturated heterocycles. The number of fused-ring (bicyclic) bond motifs is 1. The van der Waals surface area contributed by atoms with Gasteiger partial charge in [-0.25, -0.2) is 19.9 Å². The lowest BCUT2D eigenvalue weighted by Crippen LogP contribution is -2.43. The van der Waals surface area contributed by atoms with Crippen molar-refractivity contribution in [3.63, 3.8) is 0 Å². The second kappa shape index (κ2) is 8.04. The lowest BCUT2D eigenvalue weighted by Gasteiger charge is -2.38. The molecule has 2 aromatic carbocycles. The summed E-state index contributed by atoms with van der Waals surface area (Å²) >= 11 is 0. The van der Waals surface area contributed by atoms with Crippen molar-refractivity contribution in [3.8, 4) is 34.3 Å². The molecule has 5 aromatic rings. The zero-order valence-corrected chi connectivity index (χ0v) is 18.8. The smallest absolute Gasteiger partial charge is 0.169 e. The molecule has 0 bridgehead atoms. The number of nitrogens with zero attached hydrogens (tertiary/aromatic N) is 5. The zero-order chi connectivity index (χ0) is 23.1. The van der Waals surface area contributed by atoms with Crippen molar-refractivity contribution in [2.24, 2.45) is 5.73 Å². The van der Waals surface area contributed by atoms with Crippen molar-refractivity contribution in [1.82, 2.24) is 24.5 Å². The van der Waals surface area contributed by atoms with E-state index in [9.17, 15) is 0 Å². The molecular formula is C27H24N6O. The highest BCUT2D eigenvalue weighted by molar-refractivity contribution is 5.81. The van der Waals surface area contributed by atoms with Crippen molar-refractivity contribution < 1.29 is 4.74 Å². The standard InChI is InChI=1S/C27H24N6O/c1-34-22-9-5-16-29-23(22)26-31-21-17-30-24(18-7-3-2-4-8-18)32-25(21)33(26)20-12-10-19(11-13-20)27(28)14-6-15-27/h2-5,7-13,16-17H,6,14-15,28H2,1H3. The van der Waals surface area contributed by atoms with E-state index in [-0.39, 0.29) is 5.54 Å². The van der Waals surface area contributed by atoms with Crippen LogP contribution in [-0.4, -0.2) is 31.6 Å². The summed E-state index contributed by atoms with van der Waals surface area (Å²) in [5.74, 6) is 1.92. The third-order valence-corrected chi connectivity index (χ3v) is 6.58. The first kappa shape index (κ1) is 20.5. The predicted molar refractivity (Wildman–Crippen MR) is 132 cm³/mol. The van der Waals surface area contributed by atoms with Crippen molar-refractivity contribution in [2.45, 2.75) is 24.8 Å². The van der Waals surface area contributed by atoms with Crippen LogP contribution in [0.2, 0.25) is 0 Å². The van der Waals surface area contributed by atoms with Gasteiger partial charge in [-0.2, -0.15) is 0 Å². The molecule has 3 heterocycles. The molecule has 3 aromatic heterocycles. The summed E-state index contributed by atoms with van der Waals surface area (Å²) in [5, 5.41) is 0. The maximum absolute atomic E-state index is 6.56. The molecule has 34 heavy (non-hydrogen) atoms. The van der Waals surface area contributed by atoms with Crippen LogP contribution in [0.1, 0.15) is 24.8 Å². The Hall–Kier alpha value is -4.10. The number of aromatic nitrogens is 5. The van der Waals surface area contributed by atoms with E-state index in [0.717, 1.165) is 29.7 Å². The van der Waals surface area contributed by atoms with Crippen LogP contribution in [0.25, 0.3) is 39.8 Å². The normalized spacial score (nSPS) is 14.6. The fourth-order valence-corrected chi connectivity index (χ4v) is 4.52. The van der Waals surface area contributed by atoms with Crippen LogP contribution in [-0.2, 0) is 5.54 Å². The van der Waals surface area contributed by atoms with Crippen LogP contribution < -0.4 is 10.5 Å². The van der Waals surface area contributed by atoms with Crippen LogP contribution in [0.3, 0.4) is 0 Å². The number of imidazole rings is 1. The largest absolute Gasteiger partial charge is 0.494 e. The van der Waals surface area contributed by atoms with Gasteiger partial charge in [0.25, 0.3) is 0 Å². The van der Waals surface area contributed by atoms with Crippen molar-refractivity contribution in [3.05, 3.63) is 84.7 Å². The zero-order valence-electron chi connectivity index (χ0n) is 18.8. The summed E-state index contributed by atoms with van der Waals surface area (Å²) in [6.45, 7) is 0. The molecule has 6 rings (SSSR count). The summed E-state index contributed by atoms with van der Waals surface area (Å²) in [6, 6.07) is 22.0. The second-order valence-electron chi connectivity index (χ2n) is 8.65. The fraction of sp³-hybridized carbons (Fsp3) is 0.185. The van der Waals surface area contributed by atoms with Crippen molar-refractivity contribution in [2.75, 3.05) is 7.11 Å². The molecule has 7 heteroatoms. The first-order valence-electron chi connectivity index (χ1n) is 11.4. The lowest BCUT2D eigenvalue weighted by molar-refractivity contribution is 0.253. The van der Waals surface area contributed by atoms with E-state index in [1.165, 1.54) is 6.42 Å². The van der Waals surface area contributed by atoms with Gasteiger partial charge in [0.1, 0.15) is 17.0 Å². The first-order chi connectivity index (χ1) is 16.7. The van der Waals surface area contributed by atoms with Crippen LogP contribution in [0.5, 0.6) is 5.75 Å². The Kier molecular flexibility index (Phi) is 4.85. The van der Waals surface area contributed by atoms with Crippen LogP contribution in [0.4, 0.5) is 0 Å². The highest BCUT2D eigenvalue weighted by atomic mass is 16.5. The molecule has 1 fully saturated rings. The maximum Gasteiger partial charge on any atom is 0.169 e. The van der Waals surface area contributed by atoms with Crippen LogP contribution >= 0.6 is 0 Å².